The van der Waals surface area contributed by atoms with E-state index in [0.717, 1.165) is 12.0 Å². The number of hydrogen-bond donors (Lipinski definition) is 3. The lowest BCUT2D eigenvalue weighted by Gasteiger charge is -2.05. The minimum Gasteiger partial charge on any atom is -0.507 e. The molecule has 1 aromatic carbocycles. The highest BCUT2D eigenvalue weighted by atomic mass is 16.5. The second-order valence-electron chi connectivity index (χ2n) is 3.52. The molecule has 0 aromatic heterocycles. The lowest BCUT2D eigenvalue weighted by Crippen LogP contribution is -2.11. The number of nitrogen functional groups attached to an aromatic ring is 1. The molecule has 0 spiro atoms. The molecule has 4 N–H and O–H groups in total. The SMILES string of the molecule is CC1Cc2cc(C(=N)N)c(O)cc2O1. The van der Waals surface area contributed by atoms with Gasteiger partial charge in [-0.25, -0.2) is 0 Å². The fourth-order valence-electron chi connectivity index (χ4n) is 1.67. The van der Waals surface area contributed by atoms with Crippen molar-refractivity contribution in [2.75, 3.05) is 0 Å². The minimum atomic E-state index is -0.121. The summed E-state index contributed by atoms with van der Waals surface area (Å²) in [7, 11) is 0. The van der Waals surface area contributed by atoms with Gasteiger partial charge >= 0.3 is 0 Å². The number of rotatable bonds is 1. The van der Waals surface area contributed by atoms with Crippen molar-refractivity contribution in [3.63, 3.8) is 0 Å². The fraction of sp³-hybridized carbons (Fsp3) is 0.300. The van der Waals surface area contributed by atoms with Gasteiger partial charge in [0.25, 0.3) is 0 Å². The Morgan fingerprint density at radius 1 is 1.64 bits per heavy atom. The molecule has 0 aliphatic carbocycles. The summed E-state index contributed by atoms with van der Waals surface area (Å²) in [5.74, 6) is 0.579. The Morgan fingerprint density at radius 3 is 3.00 bits per heavy atom. The van der Waals surface area contributed by atoms with E-state index in [4.69, 9.17) is 15.9 Å². The normalized spacial score (nSPS) is 18.8. The van der Waals surface area contributed by atoms with Gasteiger partial charge in [0, 0.05) is 12.5 Å². The van der Waals surface area contributed by atoms with Gasteiger partial charge in [0.05, 0.1) is 5.56 Å². The largest absolute Gasteiger partial charge is 0.507 e. The molecule has 0 radical (unpaired) electrons. The lowest BCUT2D eigenvalue weighted by molar-refractivity contribution is 0.254. The zero-order chi connectivity index (χ0) is 10.3. The summed E-state index contributed by atoms with van der Waals surface area (Å²) in [6.45, 7) is 1.96. The van der Waals surface area contributed by atoms with Gasteiger partial charge in [-0.2, -0.15) is 0 Å². The number of nitrogens with two attached hydrogens (primary N) is 1. The number of benzene rings is 1. The van der Waals surface area contributed by atoms with Crippen molar-refractivity contribution in [3.05, 3.63) is 23.3 Å². The molecule has 1 aliphatic rings. The Kier molecular flexibility index (Phi) is 1.84. The lowest BCUT2D eigenvalue weighted by atomic mass is 10.1. The molecule has 1 aromatic rings. The van der Waals surface area contributed by atoms with Crippen LogP contribution in [0.25, 0.3) is 0 Å². The van der Waals surface area contributed by atoms with Crippen molar-refractivity contribution in [3.8, 4) is 11.5 Å². The van der Waals surface area contributed by atoms with Crippen LogP contribution in [0.3, 0.4) is 0 Å². The molecule has 1 heterocycles. The maximum absolute atomic E-state index is 9.53. The molecule has 2 rings (SSSR count). The van der Waals surface area contributed by atoms with E-state index in [-0.39, 0.29) is 17.7 Å². The summed E-state index contributed by atoms with van der Waals surface area (Å²) in [5, 5.41) is 16.8. The van der Waals surface area contributed by atoms with Crippen molar-refractivity contribution < 1.29 is 9.84 Å². The molecule has 1 unspecified atom stereocenters. The zero-order valence-corrected chi connectivity index (χ0v) is 7.87. The maximum Gasteiger partial charge on any atom is 0.130 e. The van der Waals surface area contributed by atoms with Crippen LogP contribution in [0.15, 0.2) is 12.1 Å². The first kappa shape index (κ1) is 8.87. The number of phenols is 1. The first-order chi connectivity index (χ1) is 6.58. The minimum absolute atomic E-state index is 0.00495. The number of aromatic hydroxyl groups is 1. The van der Waals surface area contributed by atoms with Gasteiger partial charge in [-0.3, -0.25) is 5.41 Å². The van der Waals surface area contributed by atoms with Crippen LogP contribution in [0.2, 0.25) is 0 Å². The van der Waals surface area contributed by atoms with Crippen molar-refractivity contribution in [2.24, 2.45) is 5.73 Å². The van der Waals surface area contributed by atoms with Crippen LogP contribution in [-0.4, -0.2) is 17.0 Å². The van der Waals surface area contributed by atoms with E-state index in [1.807, 2.05) is 6.92 Å². The van der Waals surface area contributed by atoms with Gasteiger partial charge < -0.3 is 15.6 Å². The first-order valence-electron chi connectivity index (χ1n) is 4.45. The highest BCUT2D eigenvalue weighted by Crippen LogP contribution is 2.34. The van der Waals surface area contributed by atoms with Crippen LogP contribution in [0.4, 0.5) is 0 Å². The van der Waals surface area contributed by atoms with Gasteiger partial charge in [-0.1, -0.05) is 0 Å². The molecule has 14 heavy (non-hydrogen) atoms. The number of phenolic OH excluding ortho intramolecular Hbond substituents is 1. The van der Waals surface area contributed by atoms with E-state index in [0.29, 0.717) is 11.3 Å². The van der Waals surface area contributed by atoms with Crippen LogP contribution in [0, 0.1) is 5.41 Å². The standard InChI is InChI=1S/C10H12N2O2/c1-5-2-6-3-7(10(11)12)8(13)4-9(6)14-5/h3-5,13H,2H2,1H3,(H3,11,12). The molecule has 1 atom stereocenters. The Morgan fingerprint density at radius 2 is 2.36 bits per heavy atom. The quantitative estimate of drug-likeness (QED) is 0.458. The van der Waals surface area contributed by atoms with Gasteiger partial charge in [0.15, 0.2) is 0 Å². The number of amidine groups is 1. The van der Waals surface area contributed by atoms with Crippen LogP contribution in [0.1, 0.15) is 18.1 Å². The molecule has 0 fully saturated rings. The zero-order valence-electron chi connectivity index (χ0n) is 7.87. The highest BCUT2D eigenvalue weighted by molar-refractivity contribution is 5.98. The molecular formula is C10H12N2O2. The van der Waals surface area contributed by atoms with Crippen LogP contribution in [-0.2, 0) is 6.42 Å². The molecule has 74 valence electrons. The topological polar surface area (TPSA) is 79.3 Å². The van der Waals surface area contributed by atoms with Crippen LogP contribution in [0.5, 0.6) is 11.5 Å². The first-order valence-corrected chi connectivity index (χ1v) is 4.45. The summed E-state index contributed by atoms with van der Waals surface area (Å²) in [6, 6.07) is 3.24. The molecule has 4 heteroatoms. The maximum atomic E-state index is 9.53. The molecule has 0 amide bonds. The summed E-state index contributed by atoms with van der Waals surface area (Å²) < 4.78 is 5.45. The Bertz CT molecular complexity index is 401. The smallest absolute Gasteiger partial charge is 0.130 e. The Hall–Kier alpha value is -1.71. The number of fused-ring (bicyclic) bond motifs is 1. The van der Waals surface area contributed by atoms with Crippen LogP contribution < -0.4 is 10.5 Å². The van der Waals surface area contributed by atoms with E-state index in [2.05, 4.69) is 0 Å². The monoisotopic (exact) mass is 192 g/mol. The van der Waals surface area contributed by atoms with Gasteiger partial charge in [-0.15, -0.1) is 0 Å². The van der Waals surface area contributed by atoms with Crippen molar-refractivity contribution in [2.45, 2.75) is 19.4 Å². The van der Waals surface area contributed by atoms with Crippen molar-refractivity contribution in [1.29, 1.82) is 5.41 Å². The van der Waals surface area contributed by atoms with Gasteiger partial charge in [0.1, 0.15) is 23.4 Å². The molecule has 0 saturated heterocycles. The summed E-state index contributed by atoms with van der Waals surface area (Å²) in [4.78, 5) is 0. The number of hydrogen-bond acceptors (Lipinski definition) is 3. The number of ether oxygens (including phenoxy) is 1. The van der Waals surface area contributed by atoms with Gasteiger partial charge in [-0.05, 0) is 18.6 Å². The summed E-state index contributed by atoms with van der Waals surface area (Å²) >= 11 is 0. The molecule has 1 aliphatic heterocycles. The predicted molar refractivity (Wildman–Crippen MR) is 52.9 cm³/mol. The summed E-state index contributed by atoms with van der Waals surface area (Å²) in [5.41, 5.74) is 6.70. The molecule has 0 saturated carbocycles. The highest BCUT2D eigenvalue weighted by Gasteiger charge is 2.21. The third-order valence-corrected chi connectivity index (χ3v) is 2.30. The molecular weight excluding hydrogens is 180 g/mol. The van der Waals surface area contributed by atoms with Crippen molar-refractivity contribution in [1.82, 2.24) is 0 Å². The van der Waals surface area contributed by atoms with Crippen LogP contribution >= 0.6 is 0 Å². The van der Waals surface area contributed by atoms with Crippen molar-refractivity contribution >= 4 is 5.84 Å². The number of nitrogens with one attached hydrogen (secondary N) is 1. The Labute approximate surface area is 81.8 Å². The fourth-order valence-corrected chi connectivity index (χ4v) is 1.67. The second-order valence-corrected chi connectivity index (χ2v) is 3.52. The summed E-state index contributed by atoms with van der Waals surface area (Å²) in [6.07, 6.45) is 0.933. The molecule has 4 nitrogen and oxygen atoms in total. The molecule has 0 bridgehead atoms. The van der Waals surface area contributed by atoms with E-state index in [1.54, 1.807) is 6.07 Å². The van der Waals surface area contributed by atoms with Gasteiger partial charge in [0.2, 0.25) is 0 Å². The third kappa shape index (κ3) is 1.28. The average molecular weight is 192 g/mol. The van der Waals surface area contributed by atoms with E-state index in [9.17, 15) is 5.11 Å². The Balaban J connectivity index is 2.50. The van der Waals surface area contributed by atoms with E-state index >= 15 is 0 Å². The van der Waals surface area contributed by atoms with E-state index in [1.165, 1.54) is 6.07 Å². The third-order valence-electron chi connectivity index (χ3n) is 2.30. The average Bonchev–Trinajstić information content (AvgIpc) is 2.42. The predicted octanol–water partition coefficient (Wildman–Crippen LogP) is 1.000. The second kappa shape index (κ2) is 2.90. The van der Waals surface area contributed by atoms with E-state index < -0.39 is 0 Å².